The Kier molecular flexibility index (Phi) is 3.80. The summed E-state index contributed by atoms with van der Waals surface area (Å²) >= 11 is 1.81. The normalized spacial score (nSPS) is 22.5. The summed E-state index contributed by atoms with van der Waals surface area (Å²) in [6.45, 7) is 2.86. The van der Waals surface area contributed by atoms with Crippen molar-refractivity contribution < 1.29 is 4.79 Å². The van der Waals surface area contributed by atoms with Crippen molar-refractivity contribution in [1.82, 2.24) is 10.2 Å². The van der Waals surface area contributed by atoms with Gasteiger partial charge in [-0.3, -0.25) is 10.1 Å². The van der Waals surface area contributed by atoms with Crippen molar-refractivity contribution in [3.63, 3.8) is 0 Å². The molecule has 1 aliphatic heterocycles. The summed E-state index contributed by atoms with van der Waals surface area (Å²) in [5, 5.41) is 3.29. The first kappa shape index (κ1) is 13.0. The molecule has 0 bridgehead atoms. The first-order chi connectivity index (χ1) is 9.24. The largest absolute Gasteiger partial charge is 0.334 e. The second-order valence-corrected chi connectivity index (χ2v) is 6.49. The lowest BCUT2D eigenvalue weighted by Gasteiger charge is -2.25. The molecular weight excluding hydrogens is 256 g/mol. The maximum Gasteiger partial charge on any atom is 0.241 e. The molecule has 1 aromatic rings. The number of benzene rings is 1. The lowest BCUT2D eigenvalue weighted by molar-refractivity contribution is -0.133. The van der Waals surface area contributed by atoms with Crippen LogP contribution in [-0.2, 0) is 11.3 Å². The van der Waals surface area contributed by atoms with E-state index in [1.807, 2.05) is 11.8 Å². The Morgan fingerprint density at radius 3 is 2.95 bits per heavy atom. The van der Waals surface area contributed by atoms with Crippen molar-refractivity contribution in [2.75, 3.05) is 11.6 Å². The average Bonchev–Trinajstić information content (AvgIpc) is 3.09. The van der Waals surface area contributed by atoms with Gasteiger partial charge in [0.1, 0.15) is 0 Å². The molecule has 1 saturated carbocycles. The van der Waals surface area contributed by atoms with Crippen LogP contribution in [-0.4, -0.2) is 34.5 Å². The van der Waals surface area contributed by atoms with Crippen molar-refractivity contribution in [3.05, 3.63) is 35.4 Å². The van der Waals surface area contributed by atoms with Gasteiger partial charge in [-0.1, -0.05) is 29.8 Å². The van der Waals surface area contributed by atoms with Crippen molar-refractivity contribution in [2.24, 2.45) is 0 Å². The molecule has 2 fully saturated rings. The Hall–Kier alpha value is -1.00. The van der Waals surface area contributed by atoms with Crippen LogP contribution in [0.15, 0.2) is 24.3 Å². The second kappa shape index (κ2) is 5.55. The highest BCUT2D eigenvalue weighted by Crippen LogP contribution is 2.30. The lowest BCUT2D eigenvalue weighted by atomic mass is 10.1. The number of hydrogen-bond acceptors (Lipinski definition) is 3. The smallest absolute Gasteiger partial charge is 0.241 e. The third-order valence-electron chi connectivity index (χ3n) is 3.72. The van der Waals surface area contributed by atoms with Crippen LogP contribution in [0.1, 0.15) is 24.0 Å². The number of hydrogen-bond donors (Lipinski definition) is 1. The number of rotatable bonds is 4. The van der Waals surface area contributed by atoms with Crippen molar-refractivity contribution in [3.8, 4) is 0 Å². The fourth-order valence-corrected chi connectivity index (χ4v) is 3.47. The minimum atomic E-state index is 0.0235. The SMILES string of the molecule is Cc1cccc(CN(C(=O)C2CSCN2)C2CC2)c1. The van der Waals surface area contributed by atoms with Gasteiger partial charge in [-0.25, -0.2) is 0 Å². The summed E-state index contributed by atoms with van der Waals surface area (Å²) in [7, 11) is 0. The van der Waals surface area contributed by atoms with Gasteiger partial charge in [0, 0.05) is 24.2 Å². The quantitative estimate of drug-likeness (QED) is 0.914. The number of nitrogens with one attached hydrogen (secondary N) is 1. The van der Waals surface area contributed by atoms with E-state index < -0.39 is 0 Å². The molecule has 1 aliphatic carbocycles. The van der Waals surface area contributed by atoms with Crippen LogP contribution < -0.4 is 5.32 Å². The number of nitrogens with zero attached hydrogens (tertiary/aromatic N) is 1. The highest BCUT2D eigenvalue weighted by atomic mass is 32.2. The zero-order valence-electron chi connectivity index (χ0n) is 11.3. The summed E-state index contributed by atoms with van der Waals surface area (Å²) in [6.07, 6.45) is 2.33. The summed E-state index contributed by atoms with van der Waals surface area (Å²) in [5.41, 5.74) is 2.50. The Morgan fingerprint density at radius 1 is 1.47 bits per heavy atom. The average molecular weight is 276 g/mol. The Labute approximate surface area is 118 Å². The summed E-state index contributed by atoms with van der Waals surface area (Å²) in [4.78, 5) is 14.6. The first-order valence-electron chi connectivity index (χ1n) is 6.91. The van der Waals surface area contributed by atoms with E-state index in [2.05, 4.69) is 41.4 Å². The van der Waals surface area contributed by atoms with Crippen LogP contribution in [0.4, 0.5) is 0 Å². The second-order valence-electron chi connectivity index (χ2n) is 5.46. The zero-order chi connectivity index (χ0) is 13.2. The summed E-state index contributed by atoms with van der Waals surface area (Å²) < 4.78 is 0. The predicted molar refractivity (Wildman–Crippen MR) is 79.0 cm³/mol. The molecule has 0 radical (unpaired) electrons. The van der Waals surface area contributed by atoms with E-state index in [1.54, 1.807) is 0 Å². The van der Waals surface area contributed by atoms with Crippen LogP contribution in [0.3, 0.4) is 0 Å². The van der Waals surface area contributed by atoms with Crippen LogP contribution in [0.25, 0.3) is 0 Å². The van der Waals surface area contributed by atoms with Crippen molar-refractivity contribution in [1.29, 1.82) is 0 Å². The summed E-state index contributed by atoms with van der Waals surface area (Å²) in [6, 6.07) is 8.97. The fourth-order valence-electron chi connectivity index (χ4n) is 2.53. The molecule has 102 valence electrons. The van der Waals surface area contributed by atoms with Crippen molar-refractivity contribution >= 4 is 17.7 Å². The molecule has 19 heavy (non-hydrogen) atoms. The molecule has 1 aromatic carbocycles. The standard InChI is InChI=1S/C15H20N2OS/c1-11-3-2-4-12(7-11)8-17(13-5-6-13)15(18)14-9-19-10-16-14/h2-4,7,13-14,16H,5-6,8-10H2,1H3. The number of carbonyl (C=O) groups is 1. The molecule has 1 unspecified atom stereocenters. The van der Waals surface area contributed by atoms with Gasteiger partial charge in [0.2, 0.25) is 5.91 Å². The van der Waals surface area contributed by atoms with E-state index >= 15 is 0 Å². The minimum Gasteiger partial charge on any atom is -0.334 e. The number of carbonyl (C=O) groups excluding carboxylic acids is 1. The van der Waals surface area contributed by atoms with Gasteiger partial charge in [-0.05, 0) is 25.3 Å². The fraction of sp³-hybridized carbons (Fsp3) is 0.533. The van der Waals surface area contributed by atoms with Crippen LogP contribution in [0, 0.1) is 6.92 Å². The molecule has 1 atom stereocenters. The lowest BCUT2D eigenvalue weighted by Crippen LogP contribution is -2.45. The Bertz CT molecular complexity index is 467. The maximum atomic E-state index is 12.6. The highest BCUT2D eigenvalue weighted by Gasteiger charge is 2.36. The Morgan fingerprint density at radius 2 is 2.32 bits per heavy atom. The van der Waals surface area contributed by atoms with Crippen LogP contribution in [0.2, 0.25) is 0 Å². The minimum absolute atomic E-state index is 0.0235. The van der Waals surface area contributed by atoms with E-state index in [0.29, 0.717) is 6.04 Å². The maximum absolute atomic E-state index is 12.6. The van der Waals surface area contributed by atoms with E-state index in [-0.39, 0.29) is 11.9 Å². The topological polar surface area (TPSA) is 32.3 Å². The first-order valence-corrected chi connectivity index (χ1v) is 8.06. The molecule has 2 aliphatic rings. The van der Waals surface area contributed by atoms with E-state index in [4.69, 9.17) is 0 Å². The third kappa shape index (κ3) is 3.12. The van der Waals surface area contributed by atoms with E-state index in [1.165, 1.54) is 11.1 Å². The van der Waals surface area contributed by atoms with Gasteiger partial charge in [0.05, 0.1) is 6.04 Å². The van der Waals surface area contributed by atoms with Gasteiger partial charge in [0.25, 0.3) is 0 Å². The molecule has 4 heteroatoms. The number of thioether (sulfide) groups is 1. The monoisotopic (exact) mass is 276 g/mol. The number of amides is 1. The predicted octanol–water partition coefficient (Wildman–Crippen LogP) is 2.15. The highest BCUT2D eigenvalue weighted by molar-refractivity contribution is 7.99. The molecule has 0 spiro atoms. The molecule has 1 N–H and O–H groups in total. The van der Waals surface area contributed by atoms with Crippen LogP contribution >= 0.6 is 11.8 Å². The van der Waals surface area contributed by atoms with Gasteiger partial charge in [-0.15, -0.1) is 11.8 Å². The van der Waals surface area contributed by atoms with Gasteiger partial charge >= 0.3 is 0 Å². The van der Waals surface area contributed by atoms with Crippen LogP contribution in [0.5, 0.6) is 0 Å². The molecule has 3 rings (SSSR count). The molecule has 3 nitrogen and oxygen atoms in total. The summed E-state index contributed by atoms with van der Waals surface area (Å²) in [5.74, 6) is 2.10. The molecular formula is C15H20N2OS. The van der Waals surface area contributed by atoms with E-state index in [9.17, 15) is 4.79 Å². The Balaban J connectivity index is 1.72. The zero-order valence-corrected chi connectivity index (χ0v) is 12.1. The molecule has 1 amide bonds. The van der Waals surface area contributed by atoms with Gasteiger partial charge < -0.3 is 4.90 Å². The number of aryl methyl sites for hydroxylation is 1. The van der Waals surface area contributed by atoms with E-state index in [0.717, 1.165) is 31.0 Å². The van der Waals surface area contributed by atoms with Crippen molar-refractivity contribution in [2.45, 2.75) is 38.4 Å². The third-order valence-corrected chi connectivity index (χ3v) is 4.66. The molecule has 0 aromatic heterocycles. The van der Waals surface area contributed by atoms with Gasteiger partial charge in [0.15, 0.2) is 0 Å². The molecule has 1 saturated heterocycles. The van der Waals surface area contributed by atoms with Gasteiger partial charge in [-0.2, -0.15) is 0 Å². The molecule has 1 heterocycles.